The van der Waals surface area contributed by atoms with Crippen LogP contribution in [0.25, 0.3) is 0 Å². The van der Waals surface area contributed by atoms with Gasteiger partial charge >= 0.3 is 5.69 Å². The highest BCUT2D eigenvalue weighted by atomic mass is 19.1. The van der Waals surface area contributed by atoms with Crippen LogP contribution in [0.5, 0.6) is 0 Å². The van der Waals surface area contributed by atoms with E-state index in [4.69, 9.17) is 0 Å². The fourth-order valence-corrected chi connectivity index (χ4v) is 1.67. The quantitative estimate of drug-likeness (QED) is 0.485. The highest BCUT2D eigenvalue weighted by Gasteiger charge is 2.27. The molecule has 96 valence electrons. The molecule has 0 amide bonds. The zero-order valence-corrected chi connectivity index (χ0v) is 9.47. The fourth-order valence-electron chi connectivity index (χ4n) is 1.67. The number of nitro groups is 1. The van der Waals surface area contributed by atoms with Crippen LogP contribution in [0.1, 0.15) is 15.9 Å². The summed E-state index contributed by atoms with van der Waals surface area (Å²) < 4.78 is 26.5. The molecule has 0 heterocycles. The lowest BCUT2D eigenvalue weighted by Gasteiger charge is -2.03. The minimum atomic E-state index is -1.37. The Balaban J connectivity index is 2.62. The molecule has 0 saturated heterocycles. The van der Waals surface area contributed by atoms with Crippen molar-refractivity contribution in [2.45, 2.75) is 0 Å². The van der Waals surface area contributed by atoms with E-state index in [9.17, 15) is 23.7 Å². The molecule has 0 atom stereocenters. The SMILES string of the molecule is O=C(c1ccccc1)c1cc(F)cc(F)c1[N+](=O)[O-]. The fraction of sp³-hybridized carbons (Fsp3) is 0. The summed E-state index contributed by atoms with van der Waals surface area (Å²) in [5.41, 5.74) is -1.50. The van der Waals surface area contributed by atoms with Crippen molar-refractivity contribution in [2.24, 2.45) is 0 Å². The summed E-state index contributed by atoms with van der Waals surface area (Å²) in [7, 11) is 0. The number of nitro benzene ring substituents is 1. The maximum atomic E-state index is 13.4. The number of hydrogen-bond acceptors (Lipinski definition) is 3. The molecule has 0 N–H and O–H groups in total. The maximum Gasteiger partial charge on any atom is 0.316 e. The van der Waals surface area contributed by atoms with E-state index in [-0.39, 0.29) is 5.56 Å². The van der Waals surface area contributed by atoms with Crippen LogP contribution in [0.3, 0.4) is 0 Å². The smallest absolute Gasteiger partial charge is 0.288 e. The van der Waals surface area contributed by atoms with E-state index in [1.54, 1.807) is 18.2 Å². The number of hydrogen-bond donors (Lipinski definition) is 0. The summed E-state index contributed by atoms with van der Waals surface area (Å²) in [6.07, 6.45) is 0. The molecule has 0 spiro atoms. The maximum absolute atomic E-state index is 13.4. The van der Waals surface area contributed by atoms with Gasteiger partial charge in [0.05, 0.1) is 4.92 Å². The van der Waals surface area contributed by atoms with Crippen LogP contribution in [0, 0.1) is 21.7 Å². The van der Waals surface area contributed by atoms with Crippen molar-refractivity contribution in [3.8, 4) is 0 Å². The number of ketones is 1. The molecular weight excluding hydrogens is 256 g/mol. The lowest BCUT2D eigenvalue weighted by molar-refractivity contribution is -0.387. The summed E-state index contributed by atoms with van der Waals surface area (Å²) >= 11 is 0. The Hall–Kier alpha value is -2.63. The molecule has 0 aromatic heterocycles. The van der Waals surface area contributed by atoms with Gasteiger partial charge in [-0.1, -0.05) is 30.3 Å². The van der Waals surface area contributed by atoms with E-state index in [0.717, 1.165) is 0 Å². The molecule has 0 aliphatic heterocycles. The molecule has 0 aliphatic carbocycles. The van der Waals surface area contributed by atoms with E-state index in [1.807, 2.05) is 0 Å². The zero-order chi connectivity index (χ0) is 14.0. The summed E-state index contributed by atoms with van der Waals surface area (Å²) in [5, 5.41) is 10.8. The van der Waals surface area contributed by atoms with E-state index in [1.165, 1.54) is 12.1 Å². The molecule has 0 saturated carbocycles. The third-order valence-corrected chi connectivity index (χ3v) is 2.49. The Morgan fingerprint density at radius 3 is 2.32 bits per heavy atom. The third-order valence-electron chi connectivity index (χ3n) is 2.49. The Kier molecular flexibility index (Phi) is 3.33. The first-order chi connectivity index (χ1) is 9.00. The van der Waals surface area contributed by atoms with Crippen LogP contribution in [-0.4, -0.2) is 10.7 Å². The predicted molar refractivity (Wildman–Crippen MR) is 62.9 cm³/mol. The second-order valence-electron chi connectivity index (χ2n) is 3.74. The molecule has 0 radical (unpaired) electrons. The number of nitrogens with zero attached hydrogens (tertiary/aromatic N) is 1. The Bertz CT molecular complexity index is 656. The first-order valence-corrected chi connectivity index (χ1v) is 5.24. The van der Waals surface area contributed by atoms with Gasteiger partial charge in [-0.2, -0.15) is 4.39 Å². The van der Waals surface area contributed by atoms with Gasteiger partial charge in [0.15, 0.2) is 5.78 Å². The van der Waals surface area contributed by atoms with E-state index in [0.29, 0.717) is 12.1 Å². The first-order valence-electron chi connectivity index (χ1n) is 5.24. The molecule has 2 aromatic rings. The van der Waals surface area contributed by atoms with Crippen LogP contribution in [-0.2, 0) is 0 Å². The van der Waals surface area contributed by atoms with Crippen molar-refractivity contribution < 1.29 is 18.5 Å². The lowest BCUT2D eigenvalue weighted by Crippen LogP contribution is -2.08. The Morgan fingerprint density at radius 1 is 1.11 bits per heavy atom. The van der Waals surface area contributed by atoms with Gasteiger partial charge in [-0.05, 0) is 6.07 Å². The van der Waals surface area contributed by atoms with Crippen molar-refractivity contribution in [3.63, 3.8) is 0 Å². The van der Waals surface area contributed by atoms with E-state index >= 15 is 0 Å². The molecule has 0 aliphatic rings. The van der Waals surface area contributed by atoms with Crippen LogP contribution in [0.2, 0.25) is 0 Å². The topological polar surface area (TPSA) is 60.2 Å². The molecule has 0 fully saturated rings. The third kappa shape index (κ3) is 2.47. The highest BCUT2D eigenvalue weighted by molar-refractivity contribution is 6.11. The number of halogens is 2. The van der Waals surface area contributed by atoms with Gasteiger partial charge in [-0.15, -0.1) is 0 Å². The summed E-state index contributed by atoms with van der Waals surface area (Å²) in [4.78, 5) is 21.8. The number of rotatable bonds is 3. The second kappa shape index (κ2) is 4.93. The number of carbonyl (C=O) groups excluding carboxylic acids is 1. The molecule has 0 unspecified atom stereocenters. The summed E-state index contributed by atoms with van der Waals surface area (Å²) in [6.45, 7) is 0. The monoisotopic (exact) mass is 263 g/mol. The van der Waals surface area contributed by atoms with Crippen molar-refractivity contribution >= 4 is 11.5 Å². The highest BCUT2D eigenvalue weighted by Crippen LogP contribution is 2.26. The Morgan fingerprint density at radius 2 is 1.74 bits per heavy atom. The van der Waals surface area contributed by atoms with Gasteiger partial charge in [0.25, 0.3) is 0 Å². The zero-order valence-electron chi connectivity index (χ0n) is 9.47. The molecule has 6 heteroatoms. The minimum absolute atomic E-state index is 0.121. The summed E-state index contributed by atoms with van der Waals surface area (Å²) in [5.74, 6) is -3.21. The molecule has 2 rings (SSSR count). The van der Waals surface area contributed by atoms with Crippen molar-refractivity contribution in [3.05, 3.63) is 75.3 Å². The number of benzene rings is 2. The normalized spacial score (nSPS) is 10.2. The molecule has 19 heavy (non-hydrogen) atoms. The van der Waals surface area contributed by atoms with Crippen LogP contribution in [0.15, 0.2) is 42.5 Å². The second-order valence-corrected chi connectivity index (χ2v) is 3.74. The minimum Gasteiger partial charge on any atom is -0.288 e. The van der Waals surface area contributed by atoms with Crippen molar-refractivity contribution in [1.82, 2.24) is 0 Å². The molecule has 4 nitrogen and oxygen atoms in total. The molecule has 0 bridgehead atoms. The van der Waals surface area contributed by atoms with Crippen LogP contribution in [0.4, 0.5) is 14.5 Å². The van der Waals surface area contributed by atoms with Crippen LogP contribution < -0.4 is 0 Å². The number of carbonyl (C=O) groups is 1. The van der Waals surface area contributed by atoms with Gasteiger partial charge in [0.1, 0.15) is 11.4 Å². The largest absolute Gasteiger partial charge is 0.316 e. The van der Waals surface area contributed by atoms with Gasteiger partial charge in [0, 0.05) is 11.6 Å². The van der Waals surface area contributed by atoms with Gasteiger partial charge < -0.3 is 0 Å². The lowest BCUT2D eigenvalue weighted by atomic mass is 10.0. The Labute approximate surface area is 106 Å². The summed E-state index contributed by atoms with van der Waals surface area (Å²) in [6, 6.07) is 8.61. The van der Waals surface area contributed by atoms with Crippen molar-refractivity contribution in [1.29, 1.82) is 0 Å². The van der Waals surface area contributed by atoms with Gasteiger partial charge in [-0.3, -0.25) is 14.9 Å². The first kappa shape index (κ1) is 12.8. The van der Waals surface area contributed by atoms with Gasteiger partial charge in [0.2, 0.25) is 5.82 Å². The van der Waals surface area contributed by atoms with E-state index < -0.39 is 33.6 Å². The van der Waals surface area contributed by atoms with Crippen molar-refractivity contribution in [2.75, 3.05) is 0 Å². The van der Waals surface area contributed by atoms with Crippen LogP contribution >= 0.6 is 0 Å². The standard InChI is InChI=1S/C13H7F2NO3/c14-9-6-10(12(16(18)19)11(15)7-9)13(17)8-4-2-1-3-5-8/h1-7H. The predicted octanol–water partition coefficient (Wildman–Crippen LogP) is 3.10. The van der Waals surface area contributed by atoms with E-state index in [2.05, 4.69) is 0 Å². The van der Waals surface area contributed by atoms with Gasteiger partial charge in [-0.25, -0.2) is 4.39 Å². The average Bonchev–Trinajstić information content (AvgIpc) is 2.37. The molecule has 2 aromatic carbocycles. The molecular formula is C13H7F2NO3. The average molecular weight is 263 g/mol.